The lowest BCUT2D eigenvalue weighted by atomic mass is 9.49. The summed E-state index contributed by atoms with van der Waals surface area (Å²) in [5, 5.41) is 62.0. The summed E-state index contributed by atoms with van der Waals surface area (Å²) in [6.07, 6.45) is -4.21. The molecule has 6 saturated heterocycles. The molecule has 0 radical (unpaired) electrons. The van der Waals surface area contributed by atoms with Crippen molar-refractivity contribution >= 4 is 30.1 Å². The Balaban J connectivity index is 0.904. The topological polar surface area (TPSA) is 341 Å². The van der Waals surface area contributed by atoms with Crippen molar-refractivity contribution < 1.29 is 111 Å². The van der Waals surface area contributed by atoms with Crippen LogP contribution in [0.15, 0.2) is 58.4 Å². The van der Waals surface area contributed by atoms with Gasteiger partial charge >= 0.3 is 18.0 Å². The molecule has 0 aromatic carbocycles. The number of ether oxygens (including phenoxy) is 13. The number of nitrogens with one attached hydrogen (secondary N) is 1. The molecule has 4 aliphatic carbocycles. The van der Waals surface area contributed by atoms with Crippen molar-refractivity contribution in [3.8, 4) is 0 Å². The maximum atomic E-state index is 15.6. The molecule has 25 unspecified atom stereocenters. The molecule has 0 aromatic heterocycles. The number of amides is 1. The number of allylic oxidation sites excluding steroid dienone is 3. The Labute approximate surface area is 542 Å². The molecule has 93 heavy (non-hydrogen) atoms. The van der Waals surface area contributed by atoms with Crippen LogP contribution in [0.25, 0.3) is 0 Å². The number of rotatable bonds is 14. The number of hydrogen-bond acceptors (Lipinski definition) is 24. The summed E-state index contributed by atoms with van der Waals surface area (Å²) in [5.74, 6) is -6.46. The monoisotopic (exact) mass is 1310 g/mol. The number of hydrogen-bond donors (Lipinski definition) is 5. The average Bonchev–Trinajstić information content (AvgIpc) is 1.68. The fourth-order valence-corrected chi connectivity index (χ4v) is 16.9. The van der Waals surface area contributed by atoms with E-state index >= 15 is 4.79 Å². The predicted molar refractivity (Wildman–Crippen MR) is 325 cm³/mol. The van der Waals surface area contributed by atoms with Gasteiger partial charge in [-0.15, -0.1) is 0 Å². The summed E-state index contributed by atoms with van der Waals surface area (Å²) < 4.78 is 81.5. The van der Waals surface area contributed by atoms with Gasteiger partial charge in [0.05, 0.1) is 86.6 Å². The second-order valence-electron chi connectivity index (χ2n) is 28.2. The molecule has 518 valence electrons. The smallest absolute Gasteiger partial charge is 0.407 e. The number of fused-ring (bicyclic) bond motifs is 4. The molecule has 0 aromatic rings. The lowest BCUT2D eigenvalue weighted by Gasteiger charge is -2.56. The maximum Gasteiger partial charge on any atom is 0.407 e. The molecule has 6 heterocycles. The molecule has 10 aliphatic rings. The largest absolute Gasteiger partial charge is 0.511 e. The average molecular weight is 1310 g/mol. The third-order valence-electron chi connectivity index (χ3n) is 21.7. The minimum absolute atomic E-state index is 0.00196. The highest BCUT2D eigenvalue weighted by molar-refractivity contribution is 6.26. The number of esters is 2. The van der Waals surface area contributed by atoms with Crippen LogP contribution in [0.4, 0.5) is 4.79 Å². The van der Waals surface area contributed by atoms with Gasteiger partial charge in [-0.05, 0) is 109 Å². The fraction of sp³-hybridized carbons (Fsp3) is 0.776. The Morgan fingerprint density at radius 1 is 0.720 bits per heavy atom. The highest BCUT2D eigenvalue weighted by Crippen LogP contribution is 2.61. The van der Waals surface area contributed by atoms with Gasteiger partial charge < -0.3 is 87.3 Å². The van der Waals surface area contributed by atoms with Gasteiger partial charge in [0.15, 0.2) is 43.2 Å². The molecule has 7 fully saturated rings. The highest BCUT2D eigenvalue weighted by atomic mass is 16.8. The highest BCUT2D eigenvalue weighted by Gasteiger charge is 2.65. The van der Waals surface area contributed by atoms with E-state index in [9.17, 15) is 49.7 Å². The Bertz CT molecular complexity index is 2960. The van der Waals surface area contributed by atoms with Crippen molar-refractivity contribution in [2.24, 2.45) is 40.9 Å². The van der Waals surface area contributed by atoms with Crippen LogP contribution in [0.2, 0.25) is 0 Å². The number of carbonyl (C=O) groups is 5. The lowest BCUT2D eigenvalue weighted by molar-refractivity contribution is -0.584. The van der Waals surface area contributed by atoms with Gasteiger partial charge in [0.2, 0.25) is 11.3 Å². The minimum atomic E-state index is -2.20. The van der Waals surface area contributed by atoms with E-state index in [2.05, 4.69) is 25.2 Å². The molecular formula is C67H96N2O24. The van der Waals surface area contributed by atoms with Crippen molar-refractivity contribution in [1.82, 2.24) is 5.32 Å². The Kier molecular flexibility index (Phi) is 21.4. The van der Waals surface area contributed by atoms with Crippen LogP contribution in [-0.2, 0) is 80.8 Å². The number of aliphatic hydroxyl groups excluding tert-OH is 4. The lowest BCUT2D eigenvalue weighted by Crippen LogP contribution is -2.65. The molecule has 29 atom stereocenters. The third kappa shape index (κ3) is 14.0. The zero-order valence-electron chi connectivity index (χ0n) is 55.4. The SMILES string of the molecule is COC(=O)NC1C(C)OC(OC2C/C=C(\C)C3C=C[C@H]4C(OC5CC(OC6CCC(OC7CC(O)C(OC8CCC(O)C(C)O8)C(C)O7)C(C)O6)C(OC(C)=O)C(C)O5)C(C)CC(C)[C@@H]4[C@@]3(C)/C(O)=C3\C(=O)OC4(CC(C=O)=CC(O)[C@@H]4/C=C/2C)C3=O)CC1(C)[N+](=O)[O-]. The molecule has 10 rings (SSSR count). The van der Waals surface area contributed by atoms with Crippen LogP contribution in [0.5, 0.6) is 0 Å². The molecule has 5 N–H and O–H groups in total. The van der Waals surface area contributed by atoms with E-state index in [1.165, 1.54) is 19.9 Å². The van der Waals surface area contributed by atoms with E-state index in [1.54, 1.807) is 33.8 Å². The molecule has 1 saturated carbocycles. The van der Waals surface area contributed by atoms with Gasteiger partial charge in [0.1, 0.15) is 35.9 Å². The van der Waals surface area contributed by atoms with Crippen LogP contribution in [0, 0.1) is 51.0 Å². The molecule has 26 nitrogen and oxygen atoms in total. The van der Waals surface area contributed by atoms with Gasteiger partial charge in [-0.3, -0.25) is 24.5 Å². The zero-order chi connectivity index (χ0) is 67.5. The van der Waals surface area contributed by atoms with Gasteiger partial charge in [-0.1, -0.05) is 50.6 Å². The van der Waals surface area contributed by atoms with E-state index in [-0.39, 0.29) is 43.1 Å². The molecule has 6 aliphatic heterocycles. The quantitative estimate of drug-likeness (QED) is 0.0240. The standard InChI is InChI=1S/C67H96N2O24/c1-30-14-18-47(88-54-28-65(11,69(79)80)60(38(9)86-54)68-64(78)81-13)31(2)23-43-45(73)24-40(29-70)27-67(43)62(76)55(63(77)93-67)61(75)66(12)42(30)16-15-41-56(66)32(3)22-33(4)57(41)92-53-26-49(59(37(8)85-53)87-39(10)71)90-50-21-19-48(35(6)83-50)89-52-25-46(74)58(36(7)84-52)91-51-20-17-44(72)34(5)82-51/h14-16,23-24,29,32-38,41-54,56-60,72-75H,17-22,25-28H2,1-13H3,(H,68,78)/b30-14+,31-23+,61-55+/t32?,33?,34?,35?,36?,37?,38?,41-,42?,43+,44?,45?,46?,47?,48?,49?,50?,51?,52?,53?,54?,56+,57?,58?,59?,60?,65?,66+,67?/m1/s1. The number of Topliss-reactive ketones (excluding diaryl/α,β-unsaturated/α-hetero) is 1. The zero-order valence-corrected chi connectivity index (χ0v) is 55.4. The van der Waals surface area contributed by atoms with Crippen LogP contribution in [0.3, 0.4) is 0 Å². The van der Waals surface area contributed by atoms with Crippen LogP contribution >= 0.6 is 0 Å². The van der Waals surface area contributed by atoms with Crippen molar-refractivity contribution in [1.29, 1.82) is 0 Å². The van der Waals surface area contributed by atoms with Crippen molar-refractivity contribution in [3.05, 3.63) is 68.5 Å². The van der Waals surface area contributed by atoms with E-state index in [1.807, 2.05) is 39.8 Å². The second-order valence-corrected chi connectivity index (χ2v) is 28.2. The Hall–Kier alpha value is -5.07. The molecule has 2 bridgehead atoms. The number of aliphatic hydroxyl groups is 4. The summed E-state index contributed by atoms with van der Waals surface area (Å²) >= 11 is 0. The first-order valence-electron chi connectivity index (χ1n) is 33.1. The first kappa shape index (κ1) is 70.7. The maximum absolute atomic E-state index is 15.6. The number of alkyl carbamates (subject to hydrolysis) is 1. The van der Waals surface area contributed by atoms with Crippen LogP contribution in [-0.4, -0.2) is 197 Å². The van der Waals surface area contributed by atoms with Crippen molar-refractivity contribution in [3.63, 3.8) is 0 Å². The van der Waals surface area contributed by atoms with Gasteiger partial charge in [0.25, 0.3) is 0 Å². The second kappa shape index (κ2) is 28.2. The fourth-order valence-electron chi connectivity index (χ4n) is 16.9. The van der Waals surface area contributed by atoms with Crippen LogP contribution < -0.4 is 5.32 Å². The van der Waals surface area contributed by atoms with Crippen molar-refractivity contribution in [2.45, 2.75) is 281 Å². The molecular weight excluding hydrogens is 1220 g/mol. The number of methoxy groups -OCH3 is 1. The van der Waals surface area contributed by atoms with Gasteiger partial charge in [-0.2, -0.15) is 0 Å². The van der Waals surface area contributed by atoms with Gasteiger partial charge in [-0.25, -0.2) is 9.59 Å². The number of nitro groups is 1. The van der Waals surface area contributed by atoms with Crippen LogP contribution in [0.1, 0.15) is 147 Å². The normalized spacial score (nSPS) is 48.2. The summed E-state index contributed by atoms with van der Waals surface area (Å²) in [4.78, 5) is 80.4. The number of carbonyl (C=O) groups excluding carboxylic acids is 5. The number of ketones is 1. The third-order valence-corrected chi connectivity index (χ3v) is 21.7. The summed E-state index contributed by atoms with van der Waals surface area (Å²) in [6, 6.07) is -1.12. The van der Waals surface area contributed by atoms with E-state index in [4.69, 9.17) is 61.6 Å². The molecule has 26 heteroatoms. The Morgan fingerprint density at radius 3 is 2.01 bits per heavy atom. The van der Waals surface area contributed by atoms with Crippen molar-refractivity contribution in [2.75, 3.05) is 7.11 Å². The predicted octanol–water partition coefficient (Wildman–Crippen LogP) is 6.36. The van der Waals surface area contributed by atoms with E-state index in [0.29, 0.717) is 49.5 Å². The first-order chi connectivity index (χ1) is 43.9. The molecule has 1 amide bonds. The van der Waals surface area contributed by atoms with Gasteiger partial charge in [0, 0.05) is 68.1 Å². The first-order valence-corrected chi connectivity index (χ1v) is 33.1. The number of aldehydes is 1. The summed E-state index contributed by atoms with van der Waals surface area (Å²) in [5.41, 5.74) is -4.91. The van der Waals surface area contributed by atoms with E-state index < -0.39 is 210 Å². The van der Waals surface area contributed by atoms with E-state index in [0.717, 1.165) is 7.11 Å². The molecule has 1 spiro atoms. The number of nitrogens with zero attached hydrogens (tertiary/aromatic N) is 1. The Morgan fingerprint density at radius 2 is 1.35 bits per heavy atom. The summed E-state index contributed by atoms with van der Waals surface area (Å²) in [6.45, 7) is 21.0. The minimum Gasteiger partial charge on any atom is -0.511 e. The summed E-state index contributed by atoms with van der Waals surface area (Å²) in [7, 11) is 1.15.